The van der Waals surface area contributed by atoms with Crippen molar-refractivity contribution in [2.75, 3.05) is 0 Å². The van der Waals surface area contributed by atoms with Gasteiger partial charge in [0.25, 0.3) is 0 Å². The Morgan fingerprint density at radius 3 is 2.44 bits per heavy atom. The quantitative estimate of drug-likeness (QED) is 0.890. The van der Waals surface area contributed by atoms with Crippen LogP contribution in [-0.2, 0) is 6.18 Å². The van der Waals surface area contributed by atoms with Crippen molar-refractivity contribution < 1.29 is 13.2 Å². The monoisotopic (exact) mass is 255 g/mol. The van der Waals surface area contributed by atoms with Gasteiger partial charge in [0, 0.05) is 12.4 Å². The highest BCUT2D eigenvalue weighted by molar-refractivity contribution is 5.50. The van der Waals surface area contributed by atoms with Crippen LogP contribution in [0.2, 0.25) is 0 Å². The Morgan fingerprint density at radius 1 is 1.22 bits per heavy atom. The largest absolute Gasteiger partial charge is 0.433 e. The zero-order chi connectivity index (χ0) is 13.3. The van der Waals surface area contributed by atoms with E-state index in [1.165, 1.54) is 12.3 Å². The summed E-state index contributed by atoms with van der Waals surface area (Å²) in [6.07, 6.45) is -1.44. The maximum atomic E-state index is 12.9. The molecule has 0 amide bonds. The van der Waals surface area contributed by atoms with Crippen LogP contribution in [0.3, 0.4) is 0 Å². The molecule has 2 rings (SSSR count). The lowest BCUT2D eigenvalue weighted by atomic mass is 10.0. The Hall–Kier alpha value is -1.85. The van der Waals surface area contributed by atoms with Gasteiger partial charge in [-0.2, -0.15) is 13.2 Å². The minimum absolute atomic E-state index is 0.191. The third kappa shape index (κ3) is 2.37. The summed E-state index contributed by atoms with van der Waals surface area (Å²) in [5.74, 6) is 0.0931. The third-order valence-corrected chi connectivity index (χ3v) is 2.56. The zero-order valence-corrected chi connectivity index (χ0v) is 9.92. The molecule has 2 aromatic heterocycles. The fraction of sp³-hybridized carbons (Fsp3) is 0.333. The number of pyridine rings is 1. The van der Waals surface area contributed by atoms with Crippen LogP contribution < -0.4 is 0 Å². The van der Waals surface area contributed by atoms with Crippen LogP contribution in [0.5, 0.6) is 0 Å². The third-order valence-electron chi connectivity index (χ3n) is 2.56. The Bertz CT molecular complexity index is 530. The number of halogens is 3. The van der Waals surface area contributed by atoms with E-state index in [0.29, 0.717) is 5.82 Å². The number of alkyl halides is 3. The van der Waals surface area contributed by atoms with Gasteiger partial charge in [-0.3, -0.25) is 0 Å². The summed E-state index contributed by atoms with van der Waals surface area (Å²) >= 11 is 0. The number of imidazole rings is 1. The van der Waals surface area contributed by atoms with Crippen LogP contribution in [0.15, 0.2) is 24.5 Å². The van der Waals surface area contributed by atoms with Crippen LogP contribution in [0.25, 0.3) is 11.5 Å². The molecule has 18 heavy (non-hydrogen) atoms. The molecule has 2 aromatic rings. The first-order valence-corrected chi connectivity index (χ1v) is 5.47. The minimum Gasteiger partial charge on any atom is -0.343 e. The second kappa shape index (κ2) is 4.44. The lowest BCUT2D eigenvalue weighted by molar-refractivity contribution is -0.141. The number of aromatic nitrogens is 3. The lowest BCUT2D eigenvalue weighted by Crippen LogP contribution is -2.13. The summed E-state index contributed by atoms with van der Waals surface area (Å²) in [5.41, 5.74) is -0.457. The summed E-state index contributed by atoms with van der Waals surface area (Å²) < 4.78 is 38.8. The van der Waals surface area contributed by atoms with Gasteiger partial charge >= 0.3 is 6.18 Å². The molecule has 0 atom stereocenters. The van der Waals surface area contributed by atoms with Crippen LogP contribution in [-0.4, -0.2) is 15.0 Å². The fourth-order valence-corrected chi connectivity index (χ4v) is 1.70. The summed E-state index contributed by atoms with van der Waals surface area (Å²) in [4.78, 5) is 10.3. The maximum Gasteiger partial charge on any atom is 0.433 e. The van der Waals surface area contributed by atoms with E-state index < -0.39 is 11.9 Å². The van der Waals surface area contributed by atoms with Gasteiger partial charge in [0.05, 0.1) is 0 Å². The Balaban J connectivity index is 2.56. The highest BCUT2D eigenvalue weighted by atomic mass is 19.4. The van der Waals surface area contributed by atoms with Gasteiger partial charge in [-0.05, 0) is 17.5 Å². The highest BCUT2D eigenvalue weighted by Crippen LogP contribution is 2.34. The van der Waals surface area contributed by atoms with E-state index in [2.05, 4.69) is 15.0 Å². The van der Waals surface area contributed by atoms with Crippen molar-refractivity contribution in [2.24, 2.45) is 0 Å². The molecule has 0 aliphatic heterocycles. The van der Waals surface area contributed by atoms with Gasteiger partial charge in [0.2, 0.25) is 0 Å². The molecular weight excluding hydrogens is 243 g/mol. The van der Waals surface area contributed by atoms with E-state index >= 15 is 0 Å². The van der Waals surface area contributed by atoms with Crippen molar-refractivity contribution in [3.8, 4) is 11.5 Å². The van der Waals surface area contributed by atoms with Crippen LogP contribution in [0, 0.1) is 0 Å². The van der Waals surface area contributed by atoms with Gasteiger partial charge in [-0.1, -0.05) is 19.9 Å². The van der Waals surface area contributed by atoms with E-state index in [9.17, 15) is 13.2 Å². The number of rotatable bonds is 2. The number of hydrogen-bond acceptors (Lipinski definition) is 2. The minimum atomic E-state index is -4.46. The van der Waals surface area contributed by atoms with Gasteiger partial charge < -0.3 is 4.98 Å². The molecular formula is C12H12F3N3. The first-order valence-electron chi connectivity index (χ1n) is 5.47. The molecule has 3 nitrogen and oxygen atoms in total. The molecule has 0 aliphatic rings. The second-order valence-electron chi connectivity index (χ2n) is 4.22. The first kappa shape index (κ1) is 12.6. The van der Waals surface area contributed by atoms with Crippen LogP contribution in [0.1, 0.15) is 31.0 Å². The van der Waals surface area contributed by atoms with E-state index in [4.69, 9.17) is 0 Å². The van der Waals surface area contributed by atoms with E-state index in [0.717, 1.165) is 0 Å². The Labute approximate surface area is 102 Å². The van der Waals surface area contributed by atoms with Crippen molar-refractivity contribution in [1.29, 1.82) is 0 Å². The molecule has 0 unspecified atom stereocenters. The Morgan fingerprint density at radius 2 is 1.94 bits per heavy atom. The smallest absolute Gasteiger partial charge is 0.343 e. The molecule has 96 valence electrons. The molecule has 0 bridgehead atoms. The van der Waals surface area contributed by atoms with Gasteiger partial charge in [0.15, 0.2) is 5.82 Å². The molecule has 0 fully saturated rings. The topological polar surface area (TPSA) is 41.6 Å². The standard InChI is InChI=1S/C12H12F3N3/c1-7(2)8-3-4-9(11-16-5-6-17-11)18-10(8)12(13,14)15/h3-7H,1-2H3,(H,16,17). The molecule has 1 N–H and O–H groups in total. The average Bonchev–Trinajstić information content (AvgIpc) is 2.80. The summed E-state index contributed by atoms with van der Waals surface area (Å²) in [6.45, 7) is 3.41. The number of nitrogens with one attached hydrogen (secondary N) is 1. The van der Waals surface area contributed by atoms with Crippen molar-refractivity contribution in [2.45, 2.75) is 25.9 Å². The molecule has 0 aliphatic carbocycles. The molecule has 0 radical (unpaired) electrons. The Kier molecular flexibility index (Phi) is 3.11. The number of nitrogens with zero attached hydrogens (tertiary/aromatic N) is 2. The molecule has 6 heteroatoms. The number of aromatic amines is 1. The number of H-pyrrole nitrogens is 1. The fourth-order valence-electron chi connectivity index (χ4n) is 1.70. The second-order valence-corrected chi connectivity index (χ2v) is 4.22. The van der Waals surface area contributed by atoms with Crippen LogP contribution in [0.4, 0.5) is 13.2 Å². The predicted molar refractivity (Wildman–Crippen MR) is 60.9 cm³/mol. The SMILES string of the molecule is CC(C)c1ccc(-c2ncc[nH]2)nc1C(F)(F)F. The van der Waals surface area contributed by atoms with Crippen LogP contribution >= 0.6 is 0 Å². The number of hydrogen-bond donors (Lipinski definition) is 1. The van der Waals surface area contributed by atoms with E-state index in [-0.39, 0.29) is 17.2 Å². The molecule has 0 saturated heterocycles. The molecule has 0 aromatic carbocycles. The average molecular weight is 255 g/mol. The van der Waals surface area contributed by atoms with Crippen molar-refractivity contribution in [3.63, 3.8) is 0 Å². The summed E-state index contributed by atoms with van der Waals surface area (Å²) in [6, 6.07) is 3.00. The van der Waals surface area contributed by atoms with Crippen molar-refractivity contribution in [3.05, 3.63) is 35.8 Å². The van der Waals surface area contributed by atoms with E-state index in [1.807, 2.05) is 0 Å². The summed E-state index contributed by atoms with van der Waals surface area (Å²) in [5, 5.41) is 0. The maximum absolute atomic E-state index is 12.9. The van der Waals surface area contributed by atoms with Gasteiger partial charge in [0.1, 0.15) is 11.4 Å². The molecule has 0 spiro atoms. The van der Waals surface area contributed by atoms with Crippen molar-refractivity contribution >= 4 is 0 Å². The summed E-state index contributed by atoms with van der Waals surface area (Å²) in [7, 11) is 0. The zero-order valence-electron chi connectivity index (χ0n) is 9.92. The lowest BCUT2D eigenvalue weighted by Gasteiger charge is -2.15. The van der Waals surface area contributed by atoms with Crippen molar-refractivity contribution in [1.82, 2.24) is 15.0 Å². The predicted octanol–water partition coefficient (Wildman–Crippen LogP) is 3.61. The van der Waals surface area contributed by atoms with Gasteiger partial charge in [-0.15, -0.1) is 0 Å². The molecule has 2 heterocycles. The normalized spacial score (nSPS) is 12.1. The van der Waals surface area contributed by atoms with Gasteiger partial charge in [-0.25, -0.2) is 9.97 Å². The first-order chi connectivity index (χ1) is 8.39. The molecule has 0 saturated carbocycles. The highest BCUT2D eigenvalue weighted by Gasteiger charge is 2.36. The van der Waals surface area contributed by atoms with E-state index in [1.54, 1.807) is 26.1 Å².